The number of sulfone groups is 1. The number of rotatable bonds is 5. The summed E-state index contributed by atoms with van der Waals surface area (Å²) in [5, 5.41) is 4.58. The lowest BCUT2D eigenvalue weighted by Crippen LogP contribution is -2.30. The fourth-order valence-electron chi connectivity index (χ4n) is 2.80. The Morgan fingerprint density at radius 3 is 2.32 bits per heavy atom. The van der Waals surface area contributed by atoms with Crippen LogP contribution in [0.2, 0.25) is 0 Å². The van der Waals surface area contributed by atoms with Crippen molar-refractivity contribution in [1.82, 2.24) is 0 Å². The molecule has 144 valence electrons. The van der Waals surface area contributed by atoms with Crippen molar-refractivity contribution < 1.29 is 22.7 Å². The second-order valence-corrected chi connectivity index (χ2v) is 8.32. The molecular weight excluding hydrogens is 378 g/mol. The van der Waals surface area contributed by atoms with Crippen molar-refractivity contribution in [2.24, 2.45) is 0 Å². The van der Waals surface area contributed by atoms with Crippen molar-refractivity contribution in [1.29, 1.82) is 0 Å². The van der Waals surface area contributed by atoms with Crippen LogP contribution in [0.1, 0.15) is 17.3 Å². The van der Waals surface area contributed by atoms with Crippen LogP contribution in [0.3, 0.4) is 0 Å². The van der Waals surface area contributed by atoms with Gasteiger partial charge in [-0.15, -0.1) is 0 Å². The molecule has 0 fully saturated rings. The van der Waals surface area contributed by atoms with Gasteiger partial charge in [0.15, 0.2) is 15.9 Å². The van der Waals surface area contributed by atoms with Crippen LogP contribution in [-0.2, 0) is 19.4 Å². The second kappa shape index (κ2) is 7.82. The Morgan fingerprint density at radius 2 is 1.57 bits per heavy atom. The molecule has 1 N–H and O–H groups in total. The molecule has 0 aromatic heterocycles. The number of carbonyl (C=O) groups excluding carboxylic acids is 2. The van der Waals surface area contributed by atoms with Crippen LogP contribution in [-0.4, -0.2) is 32.7 Å². The molecule has 6 nitrogen and oxygen atoms in total. The number of benzene rings is 3. The lowest BCUT2D eigenvalue weighted by Gasteiger charge is -2.15. The molecule has 3 aromatic rings. The molecule has 1 amide bonds. The Hall–Kier alpha value is -3.19. The van der Waals surface area contributed by atoms with Crippen LogP contribution < -0.4 is 5.32 Å². The van der Waals surface area contributed by atoms with Gasteiger partial charge in [-0.05, 0) is 30.5 Å². The van der Waals surface area contributed by atoms with Crippen LogP contribution >= 0.6 is 0 Å². The molecule has 0 aliphatic rings. The smallest absolute Gasteiger partial charge is 0.340 e. The fourth-order valence-corrected chi connectivity index (χ4v) is 3.68. The van der Waals surface area contributed by atoms with Gasteiger partial charge in [0, 0.05) is 17.3 Å². The van der Waals surface area contributed by atoms with E-state index >= 15 is 0 Å². The average Bonchev–Trinajstić information content (AvgIpc) is 2.67. The number of hydrogen-bond donors (Lipinski definition) is 1. The van der Waals surface area contributed by atoms with Crippen molar-refractivity contribution in [2.45, 2.75) is 17.9 Å². The van der Waals surface area contributed by atoms with E-state index in [0.717, 1.165) is 17.0 Å². The highest BCUT2D eigenvalue weighted by Gasteiger charge is 2.24. The van der Waals surface area contributed by atoms with E-state index in [2.05, 4.69) is 5.32 Å². The normalized spacial score (nSPS) is 12.4. The fraction of sp³-hybridized carbons (Fsp3) is 0.143. The molecule has 0 aliphatic carbocycles. The van der Waals surface area contributed by atoms with Gasteiger partial charge < -0.3 is 10.1 Å². The standard InChI is InChI=1S/C21H19NO5S/c1-14(27-21(24)17-11-5-6-13-19(17)28(2,25)26)20(23)22-18-12-7-9-15-8-3-4-10-16(15)18/h3-14H,1-2H3,(H,22,23)/t14-/m1/s1. The summed E-state index contributed by atoms with van der Waals surface area (Å²) in [4.78, 5) is 24.8. The van der Waals surface area contributed by atoms with E-state index in [4.69, 9.17) is 4.74 Å². The molecule has 0 bridgehead atoms. The molecule has 7 heteroatoms. The molecule has 0 aliphatic heterocycles. The Kier molecular flexibility index (Phi) is 5.46. The first-order valence-corrected chi connectivity index (χ1v) is 10.4. The van der Waals surface area contributed by atoms with Gasteiger partial charge in [-0.1, -0.05) is 48.5 Å². The number of amides is 1. The Morgan fingerprint density at radius 1 is 0.929 bits per heavy atom. The molecule has 0 saturated heterocycles. The monoisotopic (exact) mass is 397 g/mol. The first-order valence-electron chi connectivity index (χ1n) is 8.56. The minimum atomic E-state index is -3.61. The maximum Gasteiger partial charge on any atom is 0.340 e. The number of anilines is 1. The van der Waals surface area contributed by atoms with E-state index in [-0.39, 0.29) is 10.5 Å². The lowest BCUT2D eigenvalue weighted by molar-refractivity contribution is -0.123. The largest absolute Gasteiger partial charge is 0.449 e. The highest BCUT2D eigenvalue weighted by Crippen LogP contribution is 2.23. The van der Waals surface area contributed by atoms with E-state index in [1.165, 1.54) is 31.2 Å². The Bertz CT molecular complexity index is 1150. The van der Waals surface area contributed by atoms with Crippen LogP contribution in [0, 0.1) is 0 Å². The number of hydrogen-bond acceptors (Lipinski definition) is 5. The number of carbonyl (C=O) groups is 2. The van der Waals surface area contributed by atoms with Crippen molar-refractivity contribution >= 4 is 38.2 Å². The molecule has 0 saturated carbocycles. The lowest BCUT2D eigenvalue weighted by atomic mass is 10.1. The van der Waals surface area contributed by atoms with Gasteiger partial charge >= 0.3 is 5.97 Å². The van der Waals surface area contributed by atoms with Gasteiger partial charge in [0.05, 0.1) is 10.5 Å². The first kappa shape index (κ1) is 19.6. The average molecular weight is 397 g/mol. The van der Waals surface area contributed by atoms with E-state index in [0.29, 0.717) is 5.69 Å². The van der Waals surface area contributed by atoms with E-state index < -0.39 is 27.8 Å². The highest BCUT2D eigenvalue weighted by atomic mass is 32.2. The summed E-state index contributed by atoms with van der Waals surface area (Å²) in [6, 6.07) is 18.8. The summed E-state index contributed by atoms with van der Waals surface area (Å²) < 4.78 is 28.9. The van der Waals surface area contributed by atoms with Gasteiger partial charge in [0.1, 0.15) is 0 Å². The Labute approximate surface area is 163 Å². The van der Waals surface area contributed by atoms with Gasteiger partial charge in [0.2, 0.25) is 0 Å². The molecule has 0 heterocycles. The Balaban J connectivity index is 1.77. The molecule has 3 aromatic carbocycles. The van der Waals surface area contributed by atoms with Crippen molar-refractivity contribution in [2.75, 3.05) is 11.6 Å². The molecule has 1 atom stereocenters. The van der Waals surface area contributed by atoms with Crippen LogP contribution in [0.15, 0.2) is 71.6 Å². The number of fused-ring (bicyclic) bond motifs is 1. The zero-order valence-corrected chi connectivity index (χ0v) is 16.2. The summed E-state index contributed by atoms with van der Waals surface area (Å²) in [7, 11) is -3.61. The summed E-state index contributed by atoms with van der Waals surface area (Å²) in [6.45, 7) is 1.43. The van der Waals surface area contributed by atoms with Crippen LogP contribution in [0.4, 0.5) is 5.69 Å². The minimum Gasteiger partial charge on any atom is -0.449 e. The maximum absolute atomic E-state index is 12.5. The number of ether oxygens (including phenoxy) is 1. The third-order valence-electron chi connectivity index (χ3n) is 4.21. The summed E-state index contributed by atoms with van der Waals surface area (Å²) in [5.41, 5.74) is 0.498. The van der Waals surface area contributed by atoms with Gasteiger partial charge in [-0.3, -0.25) is 4.79 Å². The second-order valence-electron chi connectivity index (χ2n) is 6.33. The summed E-state index contributed by atoms with van der Waals surface area (Å²) in [5.74, 6) is -1.39. The van der Waals surface area contributed by atoms with Gasteiger partial charge in [0.25, 0.3) is 5.91 Å². The predicted molar refractivity (Wildman–Crippen MR) is 107 cm³/mol. The summed E-state index contributed by atoms with van der Waals surface area (Å²) in [6.07, 6.45) is -0.102. The quantitative estimate of drug-likeness (QED) is 0.666. The van der Waals surface area contributed by atoms with Crippen molar-refractivity contribution in [3.05, 3.63) is 72.3 Å². The van der Waals surface area contributed by atoms with Gasteiger partial charge in [-0.2, -0.15) is 0 Å². The van der Waals surface area contributed by atoms with Crippen LogP contribution in [0.25, 0.3) is 10.8 Å². The SMILES string of the molecule is C[C@@H](OC(=O)c1ccccc1S(C)(=O)=O)C(=O)Nc1cccc2ccccc12. The molecule has 0 unspecified atom stereocenters. The first-order chi connectivity index (χ1) is 13.3. The van der Waals surface area contributed by atoms with Gasteiger partial charge in [-0.25, -0.2) is 13.2 Å². The number of esters is 1. The third-order valence-corrected chi connectivity index (χ3v) is 5.36. The molecule has 3 rings (SSSR count). The van der Waals surface area contributed by atoms with E-state index in [1.54, 1.807) is 6.07 Å². The molecule has 28 heavy (non-hydrogen) atoms. The maximum atomic E-state index is 12.5. The van der Waals surface area contributed by atoms with Crippen molar-refractivity contribution in [3.63, 3.8) is 0 Å². The van der Waals surface area contributed by atoms with E-state index in [9.17, 15) is 18.0 Å². The highest BCUT2D eigenvalue weighted by molar-refractivity contribution is 7.90. The molecule has 0 radical (unpaired) electrons. The summed E-state index contributed by atoms with van der Waals surface area (Å²) >= 11 is 0. The minimum absolute atomic E-state index is 0.102. The number of nitrogens with one attached hydrogen (secondary N) is 1. The van der Waals surface area contributed by atoms with Crippen LogP contribution in [0.5, 0.6) is 0 Å². The topological polar surface area (TPSA) is 89.5 Å². The molecular formula is C21H19NO5S. The zero-order chi connectivity index (χ0) is 20.3. The third kappa shape index (κ3) is 4.20. The van der Waals surface area contributed by atoms with E-state index in [1.807, 2.05) is 36.4 Å². The predicted octanol–water partition coefficient (Wildman–Crippen LogP) is 3.43. The molecule has 0 spiro atoms. The van der Waals surface area contributed by atoms with Crippen molar-refractivity contribution in [3.8, 4) is 0 Å². The zero-order valence-electron chi connectivity index (χ0n) is 15.4.